The number of rotatable bonds is 6. The second-order valence-electron chi connectivity index (χ2n) is 4.56. The maximum Gasteiger partial charge on any atom is 0.305 e. The van der Waals surface area contributed by atoms with Crippen LogP contribution >= 0.6 is 0 Å². The van der Waals surface area contributed by atoms with Crippen LogP contribution in [0.15, 0.2) is 23.2 Å². The van der Waals surface area contributed by atoms with Crippen molar-refractivity contribution >= 4 is 21.8 Å². The van der Waals surface area contributed by atoms with Gasteiger partial charge >= 0.3 is 5.97 Å². The Kier molecular flexibility index (Phi) is 4.56. The van der Waals surface area contributed by atoms with Crippen LogP contribution in [-0.4, -0.2) is 48.4 Å². The van der Waals surface area contributed by atoms with Gasteiger partial charge in [-0.15, -0.1) is 0 Å². The normalized spacial score (nSPS) is 16.2. The number of carboxylic acid groups (broad SMARTS) is 1. The molecular formula is C12H17N3O4S. The van der Waals surface area contributed by atoms with Gasteiger partial charge in [-0.2, -0.15) is 4.31 Å². The lowest BCUT2D eigenvalue weighted by Crippen LogP contribution is -2.28. The SMILES string of the molecule is O=C(O)CCNc1cc(S(=O)(=O)N2CCCC2)ccn1. The topological polar surface area (TPSA) is 99.6 Å². The van der Waals surface area contributed by atoms with Gasteiger partial charge in [0.1, 0.15) is 5.82 Å². The molecule has 2 N–H and O–H groups in total. The average molecular weight is 299 g/mol. The van der Waals surface area contributed by atoms with Crippen LogP contribution in [0.1, 0.15) is 19.3 Å². The van der Waals surface area contributed by atoms with E-state index in [1.807, 2.05) is 0 Å². The van der Waals surface area contributed by atoms with Gasteiger partial charge in [-0.1, -0.05) is 0 Å². The smallest absolute Gasteiger partial charge is 0.305 e. The molecule has 0 aromatic carbocycles. The molecule has 0 bridgehead atoms. The minimum absolute atomic E-state index is 0.0508. The molecule has 1 saturated heterocycles. The average Bonchev–Trinajstić information content (AvgIpc) is 2.93. The van der Waals surface area contributed by atoms with E-state index in [0.717, 1.165) is 12.8 Å². The molecule has 0 amide bonds. The van der Waals surface area contributed by atoms with E-state index in [4.69, 9.17) is 5.11 Å². The molecule has 1 aromatic heterocycles. The number of hydrogen-bond donors (Lipinski definition) is 2. The Bertz CT molecular complexity index is 582. The number of hydrogen-bond acceptors (Lipinski definition) is 5. The van der Waals surface area contributed by atoms with Crippen LogP contribution in [0.4, 0.5) is 5.82 Å². The molecule has 1 fully saturated rings. The van der Waals surface area contributed by atoms with Gasteiger partial charge < -0.3 is 10.4 Å². The van der Waals surface area contributed by atoms with E-state index in [0.29, 0.717) is 18.9 Å². The second-order valence-corrected chi connectivity index (χ2v) is 6.50. The van der Waals surface area contributed by atoms with Crippen molar-refractivity contribution in [3.63, 3.8) is 0 Å². The predicted molar refractivity (Wildman–Crippen MR) is 73.0 cm³/mol. The Balaban J connectivity index is 2.10. The van der Waals surface area contributed by atoms with Crippen LogP contribution in [0.25, 0.3) is 0 Å². The fourth-order valence-corrected chi connectivity index (χ4v) is 3.57. The highest BCUT2D eigenvalue weighted by Gasteiger charge is 2.27. The summed E-state index contributed by atoms with van der Waals surface area (Å²) in [5.41, 5.74) is 0. The fraction of sp³-hybridized carbons (Fsp3) is 0.500. The Hall–Kier alpha value is -1.67. The standard InChI is InChI=1S/C12H17N3O4S/c16-12(17)4-6-14-11-9-10(3-5-13-11)20(18,19)15-7-1-2-8-15/h3,5,9H,1-2,4,6-8H2,(H,13,14)(H,16,17). The third-order valence-electron chi connectivity index (χ3n) is 3.08. The number of nitrogens with one attached hydrogen (secondary N) is 1. The quantitative estimate of drug-likeness (QED) is 0.804. The van der Waals surface area contributed by atoms with Crippen molar-refractivity contribution < 1.29 is 18.3 Å². The summed E-state index contributed by atoms with van der Waals surface area (Å²) in [7, 11) is -3.47. The Labute approximate surface area is 117 Å². The summed E-state index contributed by atoms with van der Waals surface area (Å²) < 4.78 is 26.2. The van der Waals surface area contributed by atoms with Crippen molar-refractivity contribution in [2.24, 2.45) is 0 Å². The van der Waals surface area contributed by atoms with Crippen LogP contribution in [0.3, 0.4) is 0 Å². The van der Waals surface area contributed by atoms with Crippen molar-refractivity contribution in [3.8, 4) is 0 Å². The lowest BCUT2D eigenvalue weighted by atomic mass is 10.4. The molecule has 0 saturated carbocycles. The lowest BCUT2D eigenvalue weighted by Gasteiger charge is -2.15. The first kappa shape index (κ1) is 14.7. The summed E-state index contributed by atoms with van der Waals surface area (Å²) in [5.74, 6) is -0.551. The molecule has 2 heterocycles. The van der Waals surface area contributed by atoms with Crippen LogP contribution in [0.2, 0.25) is 0 Å². The van der Waals surface area contributed by atoms with E-state index in [1.165, 1.54) is 22.6 Å². The maximum atomic E-state index is 12.3. The van der Waals surface area contributed by atoms with Gasteiger partial charge in [0.05, 0.1) is 11.3 Å². The van der Waals surface area contributed by atoms with Gasteiger partial charge in [-0.05, 0) is 18.9 Å². The summed E-state index contributed by atoms with van der Waals surface area (Å²) in [5, 5.41) is 11.4. The molecule has 1 aromatic rings. The first-order chi connectivity index (χ1) is 9.50. The minimum atomic E-state index is -3.47. The summed E-state index contributed by atoms with van der Waals surface area (Å²) in [4.78, 5) is 14.6. The summed E-state index contributed by atoms with van der Waals surface area (Å²) in [6.07, 6.45) is 3.12. The highest BCUT2D eigenvalue weighted by molar-refractivity contribution is 7.89. The van der Waals surface area contributed by atoms with Crippen molar-refractivity contribution in [3.05, 3.63) is 18.3 Å². The molecule has 0 spiro atoms. The van der Waals surface area contributed by atoms with Crippen molar-refractivity contribution in [1.82, 2.24) is 9.29 Å². The van der Waals surface area contributed by atoms with Crippen LogP contribution in [0.5, 0.6) is 0 Å². The van der Waals surface area contributed by atoms with Crippen molar-refractivity contribution in [1.29, 1.82) is 0 Å². The Morgan fingerprint density at radius 1 is 1.40 bits per heavy atom. The fourth-order valence-electron chi connectivity index (χ4n) is 2.04. The molecule has 8 heteroatoms. The maximum absolute atomic E-state index is 12.3. The zero-order valence-corrected chi connectivity index (χ0v) is 11.8. The number of carboxylic acids is 1. The molecule has 20 heavy (non-hydrogen) atoms. The summed E-state index contributed by atoms with van der Waals surface area (Å²) in [6.45, 7) is 1.30. The highest BCUT2D eigenvalue weighted by Crippen LogP contribution is 2.21. The van der Waals surface area contributed by atoms with Gasteiger partial charge in [0, 0.05) is 31.9 Å². The second kappa shape index (κ2) is 6.19. The van der Waals surface area contributed by atoms with Gasteiger partial charge in [-0.25, -0.2) is 13.4 Å². The zero-order chi connectivity index (χ0) is 14.6. The van der Waals surface area contributed by atoms with Crippen molar-refractivity contribution in [2.75, 3.05) is 25.0 Å². The van der Waals surface area contributed by atoms with Crippen LogP contribution in [-0.2, 0) is 14.8 Å². The monoisotopic (exact) mass is 299 g/mol. The first-order valence-electron chi connectivity index (χ1n) is 6.42. The van der Waals surface area contributed by atoms with Gasteiger partial charge in [0.15, 0.2) is 0 Å². The van der Waals surface area contributed by atoms with E-state index < -0.39 is 16.0 Å². The van der Waals surface area contributed by atoms with Gasteiger partial charge in [-0.3, -0.25) is 4.79 Å². The molecule has 1 aliphatic rings. The largest absolute Gasteiger partial charge is 0.481 e. The Morgan fingerprint density at radius 2 is 2.10 bits per heavy atom. The van der Waals surface area contributed by atoms with Crippen LogP contribution < -0.4 is 5.32 Å². The number of nitrogens with zero attached hydrogens (tertiary/aromatic N) is 2. The molecule has 1 aliphatic heterocycles. The summed E-state index contributed by atoms with van der Waals surface area (Å²) in [6, 6.07) is 2.89. The Morgan fingerprint density at radius 3 is 2.75 bits per heavy atom. The number of sulfonamides is 1. The first-order valence-corrected chi connectivity index (χ1v) is 7.86. The lowest BCUT2D eigenvalue weighted by molar-refractivity contribution is -0.136. The molecule has 110 valence electrons. The van der Waals surface area contributed by atoms with E-state index >= 15 is 0 Å². The molecular weight excluding hydrogens is 282 g/mol. The molecule has 0 radical (unpaired) electrons. The molecule has 7 nitrogen and oxygen atoms in total. The molecule has 2 rings (SSSR count). The van der Waals surface area contributed by atoms with E-state index in [2.05, 4.69) is 10.3 Å². The number of carbonyl (C=O) groups is 1. The third-order valence-corrected chi connectivity index (χ3v) is 4.97. The summed E-state index contributed by atoms with van der Waals surface area (Å²) >= 11 is 0. The number of aromatic nitrogens is 1. The van der Waals surface area contributed by atoms with Gasteiger partial charge in [0.2, 0.25) is 10.0 Å². The van der Waals surface area contributed by atoms with E-state index in [9.17, 15) is 13.2 Å². The molecule has 0 aliphatic carbocycles. The zero-order valence-electron chi connectivity index (χ0n) is 10.9. The van der Waals surface area contributed by atoms with Crippen LogP contribution in [0, 0.1) is 0 Å². The third kappa shape index (κ3) is 3.45. The minimum Gasteiger partial charge on any atom is -0.481 e. The van der Waals surface area contributed by atoms with Crippen molar-refractivity contribution in [2.45, 2.75) is 24.2 Å². The number of aliphatic carboxylic acids is 1. The van der Waals surface area contributed by atoms with E-state index in [-0.39, 0.29) is 17.9 Å². The van der Waals surface area contributed by atoms with Gasteiger partial charge in [0.25, 0.3) is 0 Å². The number of anilines is 1. The molecule has 0 atom stereocenters. The van der Waals surface area contributed by atoms with E-state index in [1.54, 1.807) is 0 Å². The highest BCUT2D eigenvalue weighted by atomic mass is 32.2. The number of pyridine rings is 1. The predicted octanol–water partition coefficient (Wildman–Crippen LogP) is 0.753. The molecule has 0 unspecified atom stereocenters.